The van der Waals surface area contributed by atoms with Crippen molar-refractivity contribution < 1.29 is 33.5 Å². The summed E-state index contributed by atoms with van der Waals surface area (Å²) in [6, 6.07) is 18.7. The average Bonchev–Trinajstić information content (AvgIpc) is 4.09. The molecule has 5 N–H and O–H groups in total. The number of nitrogens with two attached hydrogens (primary N) is 2. The highest BCUT2D eigenvalue weighted by Gasteiger charge is 2.28. The Morgan fingerprint density at radius 1 is 0.797 bits per heavy atom. The fourth-order valence-corrected chi connectivity index (χ4v) is 8.63. The fraction of sp³-hybridized carbons (Fsp3) is 0.326. The van der Waals surface area contributed by atoms with Crippen LogP contribution in [0, 0.1) is 25.7 Å². The Hall–Kier alpha value is -5.95. The number of nitrogens with zero attached hydrogens (tertiary/aromatic N) is 3. The molecule has 13 heteroatoms. The van der Waals surface area contributed by atoms with Crippen molar-refractivity contribution in [1.82, 2.24) is 14.3 Å². The van der Waals surface area contributed by atoms with E-state index < -0.39 is 23.4 Å². The highest BCUT2D eigenvalue weighted by atomic mass is 79.9. The number of halogens is 1. The topological polar surface area (TPSA) is 186 Å². The molecule has 0 atom stereocenters. The molecule has 2 aliphatic rings. The number of carboxylic acid groups (broad SMARTS) is 1. The minimum Gasteiger partial charge on any atom is -0.478 e. The number of primary amides is 2. The Labute approximate surface area is 348 Å². The summed E-state index contributed by atoms with van der Waals surface area (Å²) in [6.45, 7) is 10.9. The van der Waals surface area contributed by atoms with Crippen LogP contribution in [0.2, 0.25) is 0 Å². The number of ether oxygens (including phenoxy) is 1. The molecule has 4 aromatic carbocycles. The third kappa shape index (κ3) is 7.95. The first-order valence-electron chi connectivity index (χ1n) is 19.8. The Balaban J connectivity index is 0.000000176. The van der Waals surface area contributed by atoms with E-state index in [1.54, 1.807) is 18.2 Å². The first-order valence-corrected chi connectivity index (χ1v) is 20.6. The number of carbonyl (C=O) groups excluding carboxylic acids is 3. The normalized spacial score (nSPS) is 14.2. The Kier molecular flexibility index (Phi) is 10.1. The zero-order valence-electron chi connectivity index (χ0n) is 33.6. The zero-order valence-corrected chi connectivity index (χ0v) is 35.2. The summed E-state index contributed by atoms with van der Waals surface area (Å²) in [6.07, 6.45) is 4.83. The van der Waals surface area contributed by atoms with Gasteiger partial charge in [-0.05, 0) is 126 Å². The Morgan fingerprint density at radius 3 is 1.88 bits per heavy atom. The number of hydrogen-bond acceptors (Lipinski definition) is 7. The maximum Gasteiger partial charge on any atom is 0.335 e. The molecule has 0 aliphatic heterocycles. The number of aromatic nitrogens is 3. The molecular formula is C46H46BrN5O7. The zero-order chi connectivity index (χ0) is 42.1. The van der Waals surface area contributed by atoms with Crippen molar-refractivity contribution in [1.29, 1.82) is 0 Å². The van der Waals surface area contributed by atoms with Crippen LogP contribution in [0.5, 0.6) is 0 Å². The number of carboxylic acids is 1. The predicted octanol–water partition coefficient (Wildman–Crippen LogP) is 9.22. The summed E-state index contributed by atoms with van der Waals surface area (Å²) in [4.78, 5) is 48.5. The third-order valence-electron chi connectivity index (χ3n) is 11.1. The van der Waals surface area contributed by atoms with E-state index in [0.717, 1.165) is 96.4 Å². The van der Waals surface area contributed by atoms with Gasteiger partial charge in [0.25, 0.3) is 11.8 Å². The fourth-order valence-electron chi connectivity index (χ4n) is 8.18. The van der Waals surface area contributed by atoms with Crippen molar-refractivity contribution in [2.45, 2.75) is 85.4 Å². The molecule has 12 nitrogen and oxygen atoms in total. The van der Waals surface area contributed by atoms with E-state index in [1.807, 2.05) is 71.0 Å². The van der Waals surface area contributed by atoms with E-state index in [4.69, 9.17) is 20.7 Å². The number of esters is 1. The van der Waals surface area contributed by atoms with Gasteiger partial charge in [0, 0.05) is 55.7 Å². The molecule has 0 unspecified atom stereocenters. The molecule has 3 aromatic heterocycles. The monoisotopic (exact) mass is 859 g/mol. The predicted molar refractivity (Wildman–Crippen MR) is 231 cm³/mol. The van der Waals surface area contributed by atoms with Crippen LogP contribution in [0.25, 0.3) is 54.7 Å². The van der Waals surface area contributed by atoms with Crippen molar-refractivity contribution in [3.8, 4) is 11.1 Å². The third-order valence-corrected chi connectivity index (χ3v) is 11.5. The molecule has 2 amide bonds. The van der Waals surface area contributed by atoms with Gasteiger partial charge in [0.15, 0.2) is 0 Å². The highest BCUT2D eigenvalue weighted by molar-refractivity contribution is 9.10. The molecule has 0 bridgehead atoms. The summed E-state index contributed by atoms with van der Waals surface area (Å²) < 4.78 is 16.0. The van der Waals surface area contributed by atoms with Crippen molar-refractivity contribution in [2.75, 3.05) is 0 Å². The van der Waals surface area contributed by atoms with E-state index in [0.29, 0.717) is 28.7 Å². The minimum atomic E-state index is -0.962. The van der Waals surface area contributed by atoms with Crippen molar-refractivity contribution >= 4 is 83.3 Å². The number of rotatable bonds is 10. The summed E-state index contributed by atoms with van der Waals surface area (Å²) in [5.74, 6) is -0.347. The molecule has 2 saturated carbocycles. The molecule has 59 heavy (non-hydrogen) atoms. The number of amides is 2. The molecule has 7 aromatic rings. The molecular weight excluding hydrogens is 814 g/mol. The van der Waals surface area contributed by atoms with Gasteiger partial charge in [-0.25, -0.2) is 4.79 Å². The van der Waals surface area contributed by atoms with Gasteiger partial charge in [0.1, 0.15) is 11.4 Å². The van der Waals surface area contributed by atoms with Gasteiger partial charge < -0.3 is 35.0 Å². The van der Waals surface area contributed by atoms with Gasteiger partial charge in [-0.3, -0.25) is 14.4 Å². The molecule has 3 heterocycles. The second-order valence-corrected chi connectivity index (χ2v) is 17.9. The SMILES string of the molecule is Cc1noc(C)c1-c1cc(C(N)=O)c2c(c1)c1ccc(CC(=O)OC(C)(C)C)cc1n2CC1CC1.NC(=O)c1cc(Br)cc2c3ccc(C(=O)O)cc3n(CC3CC3)c12. The molecule has 2 fully saturated rings. The Morgan fingerprint density at radius 2 is 1.36 bits per heavy atom. The maximum atomic E-state index is 12.7. The van der Waals surface area contributed by atoms with Gasteiger partial charge in [0.05, 0.1) is 39.8 Å². The largest absolute Gasteiger partial charge is 0.478 e. The number of aryl methyl sites for hydroxylation is 2. The highest BCUT2D eigenvalue weighted by Crippen LogP contribution is 2.41. The van der Waals surface area contributed by atoms with Crippen molar-refractivity contribution in [2.24, 2.45) is 23.3 Å². The molecule has 0 saturated heterocycles. The second-order valence-electron chi connectivity index (χ2n) is 17.0. The van der Waals surface area contributed by atoms with Crippen LogP contribution in [0.4, 0.5) is 0 Å². The van der Waals surface area contributed by atoms with E-state index >= 15 is 0 Å². The Bertz CT molecular complexity index is 2870. The number of aromatic carboxylic acids is 1. The maximum absolute atomic E-state index is 12.7. The van der Waals surface area contributed by atoms with Crippen LogP contribution in [0.15, 0.2) is 69.7 Å². The van der Waals surface area contributed by atoms with Crippen LogP contribution in [-0.4, -0.2) is 48.8 Å². The van der Waals surface area contributed by atoms with Gasteiger partial charge in [-0.1, -0.05) is 39.3 Å². The summed E-state index contributed by atoms with van der Waals surface area (Å²) >= 11 is 3.44. The number of benzene rings is 4. The first kappa shape index (κ1) is 39.9. The van der Waals surface area contributed by atoms with Crippen LogP contribution < -0.4 is 11.5 Å². The summed E-state index contributed by atoms with van der Waals surface area (Å²) in [5.41, 5.74) is 19.0. The van der Waals surface area contributed by atoms with Gasteiger partial charge in [0.2, 0.25) is 0 Å². The van der Waals surface area contributed by atoms with Gasteiger partial charge in [-0.2, -0.15) is 0 Å². The van der Waals surface area contributed by atoms with Crippen LogP contribution in [0.1, 0.15) is 94.5 Å². The number of carbonyl (C=O) groups is 4. The average molecular weight is 861 g/mol. The molecule has 304 valence electrons. The van der Waals surface area contributed by atoms with Crippen LogP contribution in [-0.2, 0) is 29.0 Å². The van der Waals surface area contributed by atoms with Crippen LogP contribution in [0.3, 0.4) is 0 Å². The van der Waals surface area contributed by atoms with Gasteiger partial charge >= 0.3 is 11.9 Å². The number of fused-ring (bicyclic) bond motifs is 6. The molecule has 0 radical (unpaired) electrons. The molecule has 9 rings (SSSR count). The number of hydrogen-bond donors (Lipinski definition) is 3. The molecule has 0 spiro atoms. The van der Waals surface area contributed by atoms with E-state index in [2.05, 4.69) is 36.3 Å². The molecule has 2 aliphatic carbocycles. The summed E-state index contributed by atoms with van der Waals surface area (Å²) in [7, 11) is 0. The van der Waals surface area contributed by atoms with E-state index in [-0.39, 0.29) is 18.0 Å². The summed E-state index contributed by atoms with van der Waals surface area (Å²) in [5, 5.41) is 17.2. The minimum absolute atomic E-state index is 0.186. The van der Waals surface area contributed by atoms with E-state index in [9.17, 15) is 24.3 Å². The quantitative estimate of drug-likeness (QED) is 0.114. The second kappa shape index (κ2) is 15.0. The van der Waals surface area contributed by atoms with Crippen molar-refractivity contribution in [3.63, 3.8) is 0 Å². The van der Waals surface area contributed by atoms with Gasteiger partial charge in [-0.15, -0.1) is 0 Å². The lowest BCUT2D eigenvalue weighted by Crippen LogP contribution is -2.24. The van der Waals surface area contributed by atoms with E-state index in [1.165, 1.54) is 12.8 Å². The lowest BCUT2D eigenvalue weighted by molar-refractivity contribution is -0.153. The first-order chi connectivity index (χ1) is 28.0. The lowest BCUT2D eigenvalue weighted by Gasteiger charge is -2.19. The smallest absolute Gasteiger partial charge is 0.335 e. The standard InChI is InChI=1S/C28H31N3O4.C18H15BrN2O3/c1-15-25(16(2)35-30-15)19-12-21-20-9-8-18(11-24(32)34-28(3,4)5)10-23(20)31(14-17-6-7-17)26(21)22(13-19)27(29)33;19-11-6-13-12-4-3-10(18(23)24)5-15(12)21(8-9-1-2-9)16(13)14(7-11)17(20)22/h8-10,12-13,17H,6-7,11,14H2,1-5H3,(H2,29,33);3-7,9H,1-2,8H2,(H2,20,22)(H,23,24). The lowest BCUT2D eigenvalue weighted by atomic mass is 9.97. The van der Waals surface area contributed by atoms with Crippen molar-refractivity contribution in [3.05, 3.63) is 98.8 Å². The van der Waals surface area contributed by atoms with Crippen LogP contribution >= 0.6 is 15.9 Å².